The lowest BCUT2D eigenvalue weighted by atomic mass is 9.87. The molecule has 2 aromatic heterocycles. The van der Waals surface area contributed by atoms with Crippen LogP contribution in [0, 0.1) is 13.8 Å². The fourth-order valence-electron chi connectivity index (χ4n) is 9.55. The van der Waals surface area contributed by atoms with Gasteiger partial charge in [0.2, 0.25) is 0 Å². The molecule has 11 rings (SSSR count). The van der Waals surface area contributed by atoms with Gasteiger partial charge in [0.1, 0.15) is 0 Å². The molecule has 0 spiro atoms. The summed E-state index contributed by atoms with van der Waals surface area (Å²) >= 11 is 0. The molecule has 6 heteroatoms. The second-order valence-corrected chi connectivity index (χ2v) is 16.8. The van der Waals surface area contributed by atoms with Crippen LogP contribution in [-0.4, -0.2) is 27.9 Å². The molecule has 65 heavy (non-hydrogen) atoms. The van der Waals surface area contributed by atoms with Crippen LogP contribution in [0.4, 0.5) is 11.4 Å². The average Bonchev–Trinajstić information content (AvgIpc) is 3.89. The van der Waals surface area contributed by atoms with Gasteiger partial charge in [-0.3, -0.25) is 9.98 Å². The lowest BCUT2D eigenvalue weighted by Gasteiger charge is -2.24. The van der Waals surface area contributed by atoms with Crippen LogP contribution in [0.15, 0.2) is 221 Å². The van der Waals surface area contributed by atoms with Gasteiger partial charge in [-0.05, 0) is 110 Å². The fourth-order valence-corrected chi connectivity index (χ4v) is 9.55. The van der Waals surface area contributed by atoms with Gasteiger partial charge in [-0.1, -0.05) is 145 Å². The lowest BCUT2D eigenvalue weighted by molar-refractivity contribution is 0.820. The maximum absolute atomic E-state index is 5.08. The van der Waals surface area contributed by atoms with Crippen LogP contribution < -0.4 is 4.90 Å². The Hall–Kier alpha value is -8.22. The molecular formula is C59H46N6. The Morgan fingerprint density at radius 2 is 1.38 bits per heavy atom. The molecule has 0 fully saturated rings. The summed E-state index contributed by atoms with van der Waals surface area (Å²) in [5, 5.41) is 2.50. The van der Waals surface area contributed by atoms with E-state index in [2.05, 4.69) is 223 Å². The van der Waals surface area contributed by atoms with E-state index in [0.717, 1.165) is 51.4 Å². The van der Waals surface area contributed by atoms with E-state index in [-0.39, 0.29) is 5.92 Å². The summed E-state index contributed by atoms with van der Waals surface area (Å²) in [7, 11) is 0. The van der Waals surface area contributed by atoms with E-state index in [1.807, 2.05) is 12.3 Å². The van der Waals surface area contributed by atoms with Crippen molar-refractivity contribution >= 4 is 51.6 Å². The van der Waals surface area contributed by atoms with Crippen LogP contribution in [0.5, 0.6) is 0 Å². The first-order valence-corrected chi connectivity index (χ1v) is 22.2. The molecule has 0 saturated carbocycles. The van der Waals surface area contributed by atoms with Gasteiger partial charge in [0.05, 0.1) is 29.0 Å². The van der Waals surface area contributed by atoms with E-state index < -0.39 is 0 Å². The van der Waals surface area contributed by atoms with Gasteiger partial charge in [-0.15, -0.1) is 0 Å². The first-order valence-electron chi connectivity index (χ1n) is 22.2. The number of anilines is 2. The summed E-state index contributed by atoms with van der Waals surface area (Å²) in [6, 6.07) is 62.5. The first-order chi connectivity index (χ1) is 32.0. The van der Waals surface area contributed by atoms with Gasteiger partial charge in [-0.2, -0.15) is 0 Å². The predicted octanol–water partition coefficient (Wildman–Crippen LogP) is 14.3. The second kappa shape index (κ2) is 16.8. The van der Waals surface area contributed by atoms with E-state index in [4.69, 9.17) is 15.0 Å². The standard InChI is InChI=1S/C59H46N6/c1-39-23-27-41(28-24-39)38-62-59(43-29-25-40(2)26-30-43)63-58(60-3)44-35-36-61-51(37-44)48-18-12-22-55-57(48)50-16-8-10-20-53(50)65(55)46-33-31-42(32-34-46)47-17-11-21-54-56(47)49-15-7-9-19-52(49)64(54)45-13-5-4-6-14-45/h4-15,17-37,50H,3,16,38H2,1-2H3. The smallest absolute Gasteiger partial charge is 0.161 e. The molecule has 0 bridgehead atoms. The van der Waals surface area contributed by atoms with Gasteiger partial charge < -0.3 is 9.47 Å². The maximum Gasteiger partial charge on any atom is 0.161 e. The summed E-state index contributed by atoms with van der Waals surface area (Å²) in [5.74, 6) is 1.27. The molecule has 9 aromatic rings. The van der Waals surface area contributed by atoms with Gasteiger partial charge >= 0.3 is 0 Å². The van der Waals surface area contributed by atoms with Crippen molar-refractivity contribution in [2.75, 3.05) is 4.90 Å². The number of para-hydroxylation sites is 2. The van der Waals surface area contributed by atoms with Crippen molar-refractivity contribution in [1.29, 1.82) is 0 Å². The molecule has 0 amide bonds. The molecule has 312 valence electrons. The Morgan fingerprint density at radius 3 is 2.18 bits per heavy atom. The number of pyridine rings is 1. The third kappa shape index (κ3) is 7.29. The second-order valence-electron chi connectivity index (χ2n) is 16.8. The van der Waals surface area contributed by atoms with Crippen LogP contribution in [0.3, 0.4) is 0 Å². The molecule has 0 radical (unpaired) electrons. The van der Waals surface area contributed by atoms with E-state index in [9.17, 15) is 0 Å². The Morgan fingerprint density at radius 1 is 0.662 bits per heavy atom. The monoisotopic (exact) mass is 838 g/mol. The number of rotatable bonds is 8. The molecule has 1 aliphatic heterocycles. The summed E-state index contributed by atoms with van der Waals surface area (Å²) in [5.41, 5.74) is 17.9. The lowest BCUT2D eigenvalue weighted by Crippen LogP contribution is -2.14. The van der Waals surface area contributed by atoms with E-state index in [0.29, 0.717) is 18.2 Å². The third-order valence-electron chi connectivity index (χ3n) is 12.7. The number of aryl methyl sites for hydroxylation is 2. The molecule has 7 aromatic carbocycles. The highest BCUT2D eigenvalue weighted by Crippen LogP contribution is 2.53. The zero-order valence-corrected chi connectivity index (χ0v) is 36.4. The Kier molecular flexibility index (Phi) is 10.2. The SMILES string of the molecule is C=NC(=NC(=NCc1ccc(C)cc1)c1ccc(C)cc1)c1ccnc(-c2cccc3c2C2CC=CC=C2N3c2ccc(-c3cccc4c3c3ccccc3n4-c3ccccc3)cc2)c1. The molecule has 3 heterocycles. The number of aliphatic imine (C=N–C) groups is 3. The molecule has 0 saturated heterocycles. The molecule has 1 aliphatic carbocycles. The van der Waals surface area contributed by atoms with E-state index >= 15 is 0 Å². The predicted molar refractivity (Wildman–Crippen MR) is 271 cm³/mol. The van der Waals surface area contributed by atoms with Crippen LogP contribution in [0.25, 0.3) is 49.9 Å². The third-order valence-corrected chi connectivity index (χ3v) is 12.7. The number of benzene rings is 7. The van der Waals surface area contributed by atoms with Crippen molar-refractivity contribution < 1.29 is 0 Å². The van der Waals surface area contributed by atoms with Crippen molar-refractivity contribution in [3.8, 4) is 28.1 Å². The van der Waals surface area contributed by atoms with Crippen LogP contribution in [0.2, 0.25) is 0 Å². The molecule has 1 atom stereocenters. The number of amidine groups is 2. The highest BCUT2D eigenvalue weighted by atomic mass is 15.2. The van der Waals surface area contributed by atoms with Crippen molar-refractivity contribution in [2.24, 2.45) is 15.0 Å². The summed E-state index contributed by atoms with van der Waals surface area (Å²) < 4.78 is 2.38. The van der Waals surface area contributed by atoms with E-state index in [1.165, 1.54) is 55.3 Å². The van der Waals surface area contributed by atoms with Gasteiger partial charge in [0.25, 0.3) is 0 Å². The number of allylic oxidation sites excluding steroid dienone is 4. The average molecular weight is 839 g/mol. The number of aromatic nitrogens is 2. The Balaban J connectivity index is 0.958. The first kappa shape index (κ1) is 39.6. The van der Waals surface area contributed by atoms with Crippen molar-refractivity contribution in [1.82, 2.24) is 9.55 Å². The number of hydrogen-bond acceptors (Lipinski definition) is 3. The number of nitrogens with zero attached hydrogens (tertiary/aromatic N) is 6. The molecule has 6 nitrogen and oxygen atoms in total. The maximum atomic E-state index is 5.08. The summed E-state index contributed by atoms with van der Waals surface area (Å²) in [6.07, 6.45) is 9.47. The zero-order valence-electron chi connectivity index (χ0n) is 36.4. The minimum absolute atomic E-state index is 0.168. The van der Waals surface area contributed by atoms with Gasteiger partial charge in [0, 0.05) is 56.6 Å². The highest BCUT2D eigenvalue weighted by molar-refractivity contribution is 6.16. The fraction of sp³-hybridized carbons (Fsp3) is 0.0847. The summed E-state index contributed by atoms with van der Waals surface area (Å²) in [6.45, 7) is 8.64. The molecule has 2 aliphatic rings. The number of hydrogen-bond donors (Lipinski definition) is 0. The minimum atomic E-state index is 0.168. The largest absolute Gasteiger partial charge is 0.313 e. The van der Waals surface area contributed by atoms with Crippen LogP contribution >= 0.6 is 0 Å². The molecule has 0 N–H and O–H groups in total. The van der Waals surface area contributed by atoms with Crippen molar-refractivity contribution in [2.45, 2.75) is 32.7 Å². The summed E-state index contributed by atoms with van der Waals surface area (Å²) in [4.78, 5) is 22.0. The number of fused-ring (bicyclic) bond motifs is 6. The normalized spacial score (nSPS) is 14.7. The Labute approximate surface area is 379 Å². The highest BCUT2D eigenvalue weighted by Gasteiger charge is 2.37. The van der Waals surface area contributed by atoms with Crippen molar-refractivity contribution in [3.63, 3.8) is 0 Å². The van der Waals surface area contributed by atoms with Crippen LogP contribution in [-0.2, 0) is 6.54 Å². The minimum Gasteiger partial charge on any atom is -0.313 e. The topological polar surface area (TPSA) is 58.1 Å². The van der Waals surface area contributed by atoms with Gasteiger partial charge in [0.15, 0.2) is 11.7 Å². The Bertz CT molecular complexity index is 3390. The van der Waals surface area contributed by atoms with Crippen LogP contribution in [0.1, 0.15) is 45.7 Å². The quantitative estimate of drug-likeness (QED) is 0.113. The zero-order chi connectivity index (χ0) is 43.9. The molecular weight excluding hydrogens is 793 g/mol. The van der Waals surface area contributed by atoms with Crippen molar-refractivity contribution in [3.05, 3.63) is 239 Å². The molecule has 1 unspecified atom stereocenters. The van der Waals surface area contributed by atoms with E-state index in [1.54, 1.807) is 0 Å². The van der Waals surface area contributed by atoms with Gasteiger partial charge in [-0.25, -0.2) is 9.98 Å².